The zero-order valence-electron chi connectivity index (χ0n) is 17.8. The van der Waals surface area contributed by atoms with Gasteiger partial charge in [0.25, 0.3) is 0 Å². The summed E-state index contributed by atoms with van der Waals surface area (Å²) in [5.74, 6) is 1.15. The SMILES string of the molecule is CC1=C(C)C(C(C)(C)C(C)(C)C2C=C3CCCCCC3=C2)C(C)=C1C. The molecule has 3 aliphatic rings. The maximum absolute atomic E-state index is 2.63. The molecule has 0 amide bonds. The van der Waals surface area contributed by atoms with E-state index in [-0.39, 0.29) is 10.8 Å². The largest absolute Gasteiger partial charge is 0.0736 e. The zero-order chi connectivity index (χ0) is 18.6. The van der Waals surface area contributed by atoms with Gasteiger partial charge in [-0.15, -0.1) is 0 Å². The van der Waals surface area contributed by atoms with Gasteiger partial charge in [-0.3, -0.25) is 0 Å². The molecule has 0 unspecified atom stereocenters. The summed E-state index contributed by atoms with van der Waals surface area (Å²) in [4.78, 5) is 0. The van der Waals surface area contributed by atoms with Crippen LogP contribution in [0.2, 0.25) is 0 Å². The van der Waals surface area contributed by atoms with E-state index in [9.17, 15) is 0 Å². The van der Waals surface area contributed by atoms with Crippen molar-refractivity contribution in [2.24, 2.45) is 22.7 Å². The van der Waals surface area contributed by atoms with Crippen LogP contribution < -0.4 is 0 Å². The molecular formula is C25H38. The number of hydrogen-bond acceptors (Lipinski definition) is 0. The normalized spacial score (nSPS) is 23.8. The van der Waals surface area contributed by atoms with Crippen molar-refractivity contribution < 1.29 is 0 Å². The molecule has 0 N–H and O–H groups in total. The number of rotatable bonds is 3. The van der Waals surface area contributed by atoms with Crippen LogP contribution in [0.25, 0.3) is 0 Å². The summed E-state index contributed by atoms with van der Waals surface area (Å²) >= 11 is 0. The van der Waals surface area contributed by atoms with Crippen LogP contribution in [-0.2, 0) is 0 Å². The third-order valence-electron chi connectivity index (χ3n) is 8.39. The molecular weight excluding hydrogens is 300 g/mol. The predicted molar refractivity (Wildman–Crippen MR) is 111 cm³/mol. The first-order valence-corrected chi connectivity index (χ1v) is 10.4. The fourth-order valence-corrected chi connectivity index (χ4v) is 5.64. The van der Waals surface area contributed by atoms with Gasteiger partial charge in [0, 0.05) is 11.8 Å². The van der Waals surface area contributed by atoms with Crippen molar-refractivity contribution in [3.05, 3.63) is 45.6 Å². The Labute approximate surface area is 156 Å². The highest BCUT2D eigenvalue weighted by Crippen LogP contribution is 2.58. The van der Waals surface area contributed by atoms with Crippen molar-refractivity contribution in [3.8, 4) is 0 Å². The molecule has 0 aromatic rings. The lowest BCUT2D eigenvalue weighted by atomic mass is 9.54. The molecule has 0 atom stereocenters. The van der Waals surface area contributed by atoms with Crippen LogP contribution in [0.4, 0.5) is 0 Å². The van der Waals surface area contributed by atoms with Gasteiger partial charge in [-0.2, -0.15) is 0 Å². The highest BCUT2D eigenvalue weighted by atomic mass is 14.5. The second kappa shape index (κ2) is 6.29. The van der Waals surface area contributed by atoms with Crippen LogP contribution in [-0.4, -0.2) is 0 Å². The molecule has 0 bridgehead atoms. The van der Waals surface area contributed by atoms with E-state index < -0.39 is 0 Å². The van der Waals surface area contributed by atoms with Gasteiger partial charge >= 0.3 is 0 Å². The summed E-state index contributed by atoms with van der Waals surface area (Å²) in [5.41, 5.74) is 10.1. The van der Waals surface area contributed by atoms with Crippen LogP contribution >= 0.6 is 0 Å². The van der Waals surface area contributed by atoms with Gasteiger partial charge < -0.3 is 0 Å². The van der Waals surface area contributed by atoms with Crippen LogP contribution in [0.1, 0.15) is 87.5 Å². The Hall–Kier alpha value is -1.04. The lowest BCUT2D eigenvalue weighted by molar-refractivity contribution is 0.0476. The first kappa shape index (κ1) is 18.7. The molecule has 1 saturated carbocycles. The number of fused-ring (bicyclic) bond motifs is 1. The fourth-order valence-electron chi connectivity index (χ4n) is 5.64. The van der Waals surface area contributed by atoms with Gasteiger partial charge in [-0.25, -0.2) is 0 Å². The molecule has 0 aromatic carbocycles. The fraction of sp³-hybridized carbons (Fsp3) is 0.680. The van der Waals surface area contributed by atoms with Gasteiger partial charge in [0.1, 0.15) is 0 Å². The maximum atomic E-state index is 2.63. The van der Waals surface area contributed by atoms with E-state index in [0.717, 1.165) is 0 Å². The smallest absolute Gasteiger partial charge is 0.00697 e. The molecule has 0 spiro atoms. The quantitative estimate of drug-likeness (QED) is 0.492. The average molecular weight is 339 g/mol. The molecule has 1 fully saturated rings. The second-order valence-corrected chi connectivity index (χ2v) is 9.96. The molecule has 0 saturated heterocycles. The minimum atomic E-state index is 0.225. The number of allylic oxidation sites excluding steroid dienone is 8. The second-order valence-electron chi connectivity index (χ2n) is 9.96. The van der Waals surface area contributed by atoms with Gasteiger partial charge in [0.15, 0.2) is 0 Å². The topological polar surface area (TPSA) is 0 Å². The van der Waals surface area contributed by atoms with Gasteiger partial charge in [-0.05, 0) is 86.5 Å². The highest BCUT2D eigenvalue weighted by molar-refractivity contribution is 5.48. The molecule has 138 valence electrons. The summed E-state index contributed by atoms with van der Waals surface area (Å²) in [5, 5.41) is 0. The molecule has 0 radical (unpaired) electrons. The highest BCUT2D eigenvalue weighted by Gasteiger charge is 2.50. The van der Waals surface area contributed by atoms with Crippen LogP contribution in [0.3, 0.4) is 0 Å². The Balaban J connectivity index is 1.96. The summed E-state index contributed by atoms with van der Waals surface area (Å²) in [7, 11) is 0. The minimum absolute atomic E-state index is 0.225. The standard InChI is InChI=1S/C25H38/c1-16-17(2)19(4)23(18(16)3)25(7,8)24(5,6)22-14-20-12-10-9-11-13-21(20)15-22/h14-15,22-23H,9-13H2,1-8H3. The third-order valence-corrected chi connectivity index (χ3v) is 8.39. The molecule has 0 aliphatic heterocycles. The van der Waals surface area contributed by atoms with Crippen molar-refractivity contribution >= 4 is 0 Å². The summed E-state index contributed by atoms with van der Waals surface area (Å²) < 4.78 is 0. The van der Waals surface area contributed by atoms with E-state index in [1.165, 1.54) is 43.3 Å². The summed E-state index contributed by atoms with van der Waals surface area (Å²) in [6, 6.07) is 0. The maximum Gasteiger partial charge on any atom is 0.00697 e. The van der Waals surface area contributed by atoms with E-state index >= 15 is 0 Å². The van der Waals surface area contributed by atoms with Crippen molar-refractivity contribution in [1.29, 1.82) is 0 Å². The Bertz CT molecular complexity index is 642. The first-order valence-electron chi connectivity index (χ1n) is 10.4. The predicted octanol–water partition coefficient (Wildman–Crippen LogP) is 7.79. The lowest BCUT2D eigenvalue weighted by Crippen LogP contribution is -2.43. The van der Waals surface area contributed by atoms with Crippen molar-refractivity contribution in [2.45, 2.75) is 87.5 Å². The van der Waals surface area contributed by atoms with E-state index in [4.69, 9.17) is 0 Å². The van der Waals surface area contributed by atoms with E-state index in [1.807, 2.05) is 0 Å². The van der Waals surface area contributed by atoms with Crippen LogP contribution in [0, 0.1) is 22.7 Å². The third kappa shape index (κ3) is 2.81. The van der Waals surface area contributed by atoms with Crippen LogP contribution in [0.15, 0.2) is 45.6 Å². The molecule has 0 aromatic heterocycles. The summed E-state index contributed by atoms with van der Waals surface area (Å²) in [6.07, 6.45) is 12.0. The molecule has 25 heavy (non-hydrogen) atoms. The average Bonchev–Trinajstić information content (AvgIpc) is 2.94. The van der Waals surface area contributed by atoms with E-state index in [2.05, 4.69) is 67.5 Å². The minimum Gasteiger partial charge on any atom is -0.0736 e. The monoisotopic (exact) mass is 338 g/mol. The van der Waals surface area contributed by atoms with Gasteiger partial charge in [0.05, 0.1) is 0 Å². The van der Waals surface area contributed by atoms with Crippen molar-refractivity contribution in [2.75, 3.05) is 0 Å². The Morgan fingerprint density at radius 2 is 1.12 bits per heavy atom. The van der Waals surface area contributed by atoms with Gasteiger partial charge in [0.2, 0.25) is 0 Å². The van der Waals surface area contributed by atoms with E-state index in [0.29, 0.717) is 11.8 Å². The molecule has 0 heterocycles. The van der Waals surface area contributed by atoms with E-state index in [1.54, 1.807) is 22.3 Å². The van der Waals surface area contributed by atoms with Crippen molar-refractivity contribution in [1.82, 2.24) is 0 Å². The molecule has 0 heteroatoms. The molecule has 3 rings (SSSR count). The van der Waals surface area contributed by atoms with Crippen molar-refractivity contribution in [3.63, 3.8) is 0 Å². The number of hydrogen-bond donors (Lipinski definition) is 0. The Morgan fingerprint density at radius 1 is 0.680 bits per heavy atom. The summed E-state index contributed by atoms with van der Waals surface area (Å²) in [6.45, 7) is 19.4. The first-order chi connectivity index (χ1) is 11.6. The Morgan fingerprint density at radius 3 is 1.56 bits per heavy atom. The zero-order valence-corrected chi connectivity index (χ0v) is 17.8. The molecule has 3 aliphatic carbocycles. The Kier molecular flexibility index (Phi) is 4.71. The lowest BCUT2D eigenvalue weighted by Gasteiger charge is -2.50. The molecule has 0 nitrogen and oxygen atoms in total. The van der Waals surface area contributed by atoms with Crippen LogP contribution in [0.5, 0.6) is 0 Å². The van der Waals surface area contributed by atoms with Gasteiger partial charge in [-0.1, -0.05) is 57.4 Å².